The van der Waals surface area contributed by atoms with Crippen molar-refractivity contribution >= 4 is 0 Å². The second-order valence-electron chi connectivity index (χ2n) is 8.00. The van der Waals surface area contributed by atoms with E-state index in [-0.39, 0.29) is 0 Å². The second-order valence-corrected chi connectivity index (χ2v) is 8.00. The van der Waals surface area contributed by atoms with Gasteiger partial charge in [-0.1, -0.05) is 48.5 Å². The van der Waals surface area contributed by atoms with Crippen molar-refractivity contribution in [2.24, 2.45) is 22.2 Å². The third kappa shape index (κ3) is 3.00. The van der Waals surface area contributed by atoms with Crippen molar-refractivity contribution in [3.8, 4) is 0 Å². The molecule has 0 saturated carbocycles. The van der Waals surface area contributed by atoms with E-state index in [9.17, 15) is 0 Å². The fourth-order valence-electron chi connectivity index (χ4n) is 2.77. The maximum absolute atomic E-state index is 3.59. The highest BCUT2D eigenvalue weighted by atomic mass is 14.9. The van der Waals surface area contributed by atoms with Gasteiger partial charge in [0.2, 0.25) is 0 Å². The summed E-state index contributed by atoms with van der Waals surface area (Å²) >= 11 is 0. The summed E-state index contributed by atoms with van der Waals surface area (Å²) in [6.45, 7) is 19.2. The molecule has 1 saturated heterocycles. The molecule has 0 spiro atoms. The summed E-state index contributed by atoms with van der Waals surface area (Å²) < 4.78 is 0. The molecular formula is C15H31N. The van der Waals surface area contributed by atoms with Crippen molar-refractivity contribution in [1.82, 2.24) is 5.32 Å². The zero-order chi connectivity index (χ0) is 12.6. The summed E-state index contributed by atoms with van der Waals surface area (Å²) in [4.78, 5) is 0. The highest BCUT2D eigenvalue weighted by Crippen LogP contribution is 2.49. The van der Waals surface area contributed by atoms with Gasteiger partial charge in [-0.15, -0.1) is 0 Å². The van der Waals surface area contributed by atoms with Crippen molar-refractivity contribution < 1.29 is 0 Å². The molecular weight excluding hydrogens is 194 g/mol. The normalized spacial score (nSPS) is 27.6. The van der Waals surface area contributed by atoms with Crippen LogP contribution >= 0.6 is 0 Å². The molecule has 1 fully saturated rings. The van der Waals surface area contributed by atoms with Gasteiger partial charge in [-0.2, -0.15) is 0 Å². The van der Waals surface area contributed by atoms with Crippen LogP contribution < -0.4 is 5.32 Å². The molecule has 0 bridgehead atoms. The fraction of sp³-hybridized carbons (Fsp3) is 1.00. The van der Waals surface area contributed by atoms with Crippen molar-refractivity contribution in [3.05, 3.63) is 0 Å². The van der Waals surface area contributed by atoms with Crippen LogP contribution in [0.4, 0.5) is 0 Å². The van der Waals surface area contributed by atoms with Crippen molar-refractivity contribution in [1.29, 1.82) is 0 Å². The fourth-order valence-corrected chi connectivity index (χ4v) is 2.77. The minimum Gasteiger partial charge on any atom is -0.316 e. The molecule has 1 heteroatoms. The van der Waals surface area contributed by atoms with E-state index in [0.29, 0.717) is 16.2 Å². The lowest BCUT2D eigenvalue weighted by Gasteiger charge is -2.46. The zero-order valence-corrected chi connectivity index (χ0v) is 12.4. The Morgan fingerprint density at radius 3 is 2.12 bits per heavy atom. The summed E-state index contributed by atoms with van der Waals surface area (Å²) in [5.41, 5.74) is 1.25. The molecule has 0 aromatic carbocycles. The van der Waals surface area contributed by atoms with Crippen LogP contribution in [0.2, 0.25) is 0 Å². The molecule has 96 valence electrons. The Morgan fingerprint density at radius 2 is 1.62 bits per heavy atom. The van der Waals surface area contributed by atoms with Gasteiger partial charge in [0.25, 0.3) is 0 Å². The topological polar surface area (TPSA) is 12.0 Å². The summed E-state index contributed by atoms with van der Waals surface area (Å²) in [5, 5.41) is 3.59. The molecule has 0 aliphatic carbocycles. The van der Waals surface area contributed by atoms with Crippen LogP contribution in [0.25, 0.3) is 0 Å². The lowest BCUT2D eigenvalue weighted by molar-refractivity contribution is 0.0312. The Balaban J connectivity index is 2.86. The van der Waals surface area contributed by atoms with Crippen LogP contribution in [0.1, 0.15) is 61.3 Å². The predicted octanol–water partition coefficient (Wildman–Crippen LogP) is 4.08. The molecule has 1 nitrogen and oxygen atoms in total. The predicted molar refractivity (Wildman–Crippen MR) is 72.6 cm³/mol. The molecule has 16 heavy (non-hydrogen) atoms. The summed E-state index contributed by atoms with van der Waals surface area (Å²) in [5.74, 6) is 0.831. The molecule has 1 rings (SSSR count). The quantitative estimate of drug-likeness (QED) is 0.709. The van der Waals surface area contributed by atoms with E-state index in [4.69, 9.17) is 0 Å². The summed E-state index contributed by atoms with van der Waals surface area (Å²) in [6.07, 6.45) is 2.68. The van der Waals surface area contributed by atoms with Gasteiger partial charge in [0, 0.05) is 6.54 Å². The van der Waals surface area contributed by atoms with E-state index in [1.54, 1.807) is 0 Å². The molecule has 1 N–H and O–H groups in total. The van der Waals surface area contributed by atoms with E-state index >= 15 is 0 Å². The van der Waals surface area contributed by atoms with Crippen LogP contribution in [-0.4, -0.2) is 13.1 Å². The van der Waals surface area contributed by atoms with Crippen LogP contribution in [0.5, 0.6) is 0 Å². The van der Waals surface area contributed by atoms with E-state index in [1.165, 1.54) is 25.9 Å². The highest BCUT2D eigenvalue weighted by molar-refractivity contribution is 4.93. The SMILES string of the molecule is CC1(C)CNCCC(C(C)(C)C(C)(C)C)C1. The van der Waals surface area contributed by atoms with Gasteiger partial charge in [0.15, 0.2) is 0 Å². The molecule has 1 aliphatic rings. The highest BCUT2D eigenvalue weighted by Gasteiger charge is 2.42. The molecule has 1 aliphatic heterocycles. The number of hydrogen-bond acceptors (Lipinski definition) is 1. The van der Waals surface area contributed by atoms with Gasteiger partial charge < -0.3 is 5.32 Å². The smallest absolute Gasteiger partial charge is 0.000262 e. The van der Waals surface area contributed by atoms with Gasteiger partial charge in [0.1, 0.15) is 0 Å². The van der Waals surface area contributed by atoms with Crippen LogP contribution in [0.3, 0.4) is 0 Å². The van der Waals surface area contributed by atoms with Gasteiger partial charge >= 0.3 is 0 Å². The van der Waals surface area contributed by atoms with Gasteiger partial charge in [-0.3, -0.25) is 0 Å². The maximum Gasteiger partial charge on any atom is 0.000262 e. The van der Waals surface area contributed by atoms with Crippen LogP contribution in [-0.2, 0) is 0 Å². The van der Waals surface area contributed by atoms with Gasteiger partial charge in [0.05, 0.1) is 0 Å². The lowest BCUT2D eigenvalue weighted by atomic mass is 9.58. The van der Waals surface area contributed by atoms with E-state index in [1.807, 2.05) is 0 Å². The largest absolute Gasteiger partial charge is 0.316 e. The monoisotopic (exact) mass is 225 g/mol. The minimum absolute atomic E-state index is 0.387. The average Bonchev–Trinajstić information content (AvgIpc) is 2.24. The second kappa shape index (κ2) is 4.33. The summed E-state index contributed by atoms with van der Waals surface area (Å²) in [7, 11) is 0. The van der Waals surface area contributed by atoms with E-state index < -0.39 is 0 Å². The number of hydrogen-bond donors (Lipinski definition) is 1. The first-order chi connectivity index (χ1) is 7.06. The van der Waals surface area contributed by atoms with Crippen molar-refractivity contribution in [2.75, 3.05) is 13.1 Å². The molecule has 0 aromatic heterocycles. The Bertz CT molecular complexity index is 232. The number of rotatable bonds is 1. The molecule has 0 amide bonds. The molecule has 1 unspecified atom stereocenters. The molecule has 1 atom stereocenters. The average molecular weight is 225 g/mol. The van der Waals surface area contributed by atoms with E-state index in [2.05, 4.69) is 53.8 Å². The van der Waals surface area contributed by atoms with Crippen molar-refractivity contribution in [2.45, 2.75) is 61.3 Å². The Morgan fingerprint density at radius 1 is 1.06 bits per heavy atom. The van der Waals surface area contributed by atoms with Crippen LogP contribution in [0.15, 0.2) is 0 Å². The van der Waals surface area contributed by atoms with Gasteiger partial charge in [-0.25, -0.2) is 0 Å². The summed E-state index contributed by atoms with van der Waals surface area (Å²) in [6, 6.07) is 0. The van der Waals surface area contributed by atoms with E-state index in [0.717, 1.165) is 5.92 Å². The first-order valence-corrected chi connectivity index (χ1v) is 6.77. The Labute approximate surface area is 102 Å². The molecule has 0 radical (unpaired) electrons. The van der Waals surface area contributed by atoms with Crippen molar-refractivity contribution in [3.63, 3.8) is 0 Å². The third-order valence-electron chi connectivity index (χ3n) is 5.03. The number of nitrogens with one attached hydrogen (secondary N) is 1. The molecule has 0 aromatic rings. The Hall–Kier alpha value is -0.0400. The zero-order valence-electron chi connectivity index (χ0n) is 12.4. The standard InChI is InChI=1S/C15H31N/c1-13(2,3)15(6,7)12-8-9-16-11-14(4,5)10-12/h12,16H,8-11H2,1-7H3. The van der Waals surface area contributed by atoms with Gasteiger partial charge in [-0.05, 0) is 41.5 Å². The third-order valence-corrected chi connectivity index (χ3v) is 5.03. The molecule has 1 heterocycles. The first-order valence-electron chi connectivity index (χ1n) is 6.77. The van der Waals surface area contributed by atoms with Crippen LogP contribution in [0, 0.1) is 22.2 Å². The lowest BCUT2D eigenvalue weighted by Crippen LogP contribution is -2.39. The maximum atomic E-state index is 3.59. The first kappa shape index (κ1) is 14.0. The minimum atomic E-state index is 0.387. The Kier molecular flexibility index (Phi) is 3.79.